The van der Waals surface area contributed by atoms with Crippen LogP contribution in [0.4, 0.5) is 5.69 Å². The minimum Gasteiger partial charge on any atom is -0.378 e. The molecule has 1 aliphatic rings. The number of nitrogens with zero attached hydrogens (tertiary/aromatic N) is 1. The van der Waals surface area contributed by atoms with Gasteiger partial charge in [-0.05, 0) is 39.0 Å². The Balaban J connectivity index is 2.13. The zero-order chi connectivity index (χ0) is 19.5. The Morgan fingerprint density at radius 2 is 1.92 bits per heavy atom. The van der Waals surface area contributed by atoms with Crippen LogP contribution >= 0.6 is 0 Å². The smallest absolute Gasteiger partial charge is 0.253 e. The fourth-order valence-electron chi connectivity index (χ4n) is 3.49. The van der Waals surface area contributed by atoms with Gasteiger partial charge in [-0.15, -0.1) is 0 Å². The van der Waals surface area contributed by atoms with Crippen LogP contribution in [0.15, 0.2) is 24.3 Å². The van der Waals surface area contributed by atoms with E-state index in [0.29, 0.717) is 37.4 Å². The number of hydrogen-bond donors (Lipinski definition) is 2. The minimum absolute atomic E-state index is 0.0289. The van der Waals surface area contributed by atoms with Crippen LogP contribution in [0, 0.1) is 5.41 Å². The summed E-state index contributed by atoms with van der Waals surface area (Å²) >= 11 is 0. The van der Waals surface area contributed by atoms with Crippen LogP contribution in [0.3, 0.4) is 0 Å². The van der Waals surface area contributed by atoms with Gasteiger partial charge in [-0.2, -0.15) is 0 Å². The maximum absolute atomic E-state index is 12.8. The van der Waals surface area contributed by atoms with Crippen LogP contribution in [0.2, 0.25) is 0 Å². The number of nitrogens with two attached hydrogens (primary N) is 1. The summed E-state index contributed by atoms with van der Waals surface area (Å²) in [6.45, 7) is 11.6. The first kappa shape index (κ1) is 20.4. The first-order chi connectivity index (χ1) is 12.2. The average molecular weight is 361 g/mol. The molecule has 2 unspecified atom stereocenters. The zero-order valence-electron chi connectivity index (χ0n) is 16.5. The van der Waals surface area contributed by atoms with Crippen molar-refractivity contribution in [3.05, 3.63) is 29.8 Å². The van der Waals surface area contributed by atoms with Crippen LogP contribution in [-0.4, -0.2) is 48.1 Å². The lowest BCUT2D eigenvalue weighted by Crippen LogP contribution is -2.74. The van der Waals surface area contributed by atoms with Crippen molar-refractivity contribution in [2.45, 2.75) is 52.7 Å². The van der Waals surface area contributed by atoms with Crippen molar-refractivity contribution in [2.75, 3.05) is 25.0 Å². The topological polar surface area (TPSA) is 84.7 Å². The quantitative estimate of drug-likeness (QED) is 0.782. The number of hydrogen-bond acceptors (Lipinski definition) is 4. The SMILES string of the molecule is CCOC1CC(N)(C(=O)Nc2cccc(C(=O)N(CC)CC)c2)C1(C)C. The number of amides is 2. The third kappa shape index (κ3) is 3.48. The fraction of sp³-hybridized carbons (Fsp3) is 0.600. The van der Waals surface area contributed by atoms with Gasteiger partial charge in [0.1, 0.15) is 5.54 Å². The Hall–Kier alpha value is -1.92. The Morgan fingerprint density at radius 3 is 2.46 bits per heavy atom. The van der Waals surface area contributed by atoms with Gasteiger partial charge in [-0.3, -0.25) is 9.59 Å². The molecule has 26 heavy (non-hydrogen) atoms. The number of ether oxygens (including phenoxy) is 1. The number of benzene rings is 1. The van der Waals surface area contributed by atoms with Gasteiger partial charge in [0.05, 0.1) is 6.10 Å². The van der Waals surface area contributed by atoms with Crippen LogP contribution in [-0.2, 0) is 9.53 Å². The predicted molar refractivity (Wildman–Crippen MR) is 103 cm³/mol. The van der Waals surface area contributed by atoms with Crippen molar-refractivity contribution in [3.8, 4) is 0 Å². The summed E-state index contributed by atoms with van der Waals surface area (Å²) in [5.41, 5.74) is 6.09. The third-order valence-corrected chi connectivity index (χ3v) is 5.65. The summed E-state index contributed by atoms with van der Waals surface area (Å²) < 4.78 is 5.68. The van der Waals surface area contributed by atoms with Gasteiger partial charge in [0.25, 0.3) is 5.91 Å². The van der Waals surface area contributed by atoms with Crippen LogP contribution in [0.25, 0.3) is 0 Å². The van der Waals surface area contributed by atoms with Crippen molar-refractivity contribution in [3.63, 3.8) is 0 Å². The van der Waals surface area contributed by atoms with Crippen molar-refractivity contribution < 1.29 is 14.3 Å². The maximum Gasteiger partial charge on any atom is 0.253 e. The van der Waals surface area contributed by atoms with Gasteiger partial charge in [0, 0.05) is 42.8 Å². The molecule has 2 atom stereocenters. The van der Waals surface area contributed by atoms with Crippen molar-refractivity contribution in [1.82, 2.24) is 4.90 Å². The molecular formula is C20H31N3O3. The van der Waals surface area contributed by atoms with E-state index >= 15 is 0 Å². The highest BCUT2D eigenvalue weighted by molar-refractivity contribution is 6.01. The summed E-state index contributed by atoms with van der Waals surface area (Å²) in [5, 5.41) is 2.88. The zero-order valence-corrected chi connectivity index (χ0v) is 16.5. The molecular weight excluding hydrogens is 330 g/mol. The summed E-state index contributed by atoms with van der Waals surface area (Å²) in [5.74, 6) is -0.292. The van der Waals surface area contributed by atoms with Gasteiger partial charge < -0.3 is 20.7 Å². The summed E-state index contributed by atoms with van der Waals surface area (Å²) in [7, 11) is 0. The van der Waals surface area contributed by atoms with E-state index in [2.05, 4.69) is 5.32 Å². The summed E-state index contributed by atoms with van der Waals surface area (Å²) in [4.78, 5) is 27.1. The molecule has 1 aromatic rings. The van der Waals surface area contributed by atoms with E-state index in [1.54, 1.807) is 29.2 Å². The summed E-state index contributed by atoms with van der Waals surface area (Å²) in [6.07, 6.45) is 0.455. The molecule has 1 aromatic carbocycles. The number of rotatable bonds is 7. The van der Waals surface area contributed by atoms with Crippen molar-refractivity contribution in [2.24, 2.45) is 11.1 Å². The van der Waals surface area contributed by atoms with E-state index < -0.39 is 11.0 Å². The molecule has 0 bridgehead atoms. The highest BCUT2D eigenvalue weighted by Gasteiger charge is 2.62. The van der Waals surface area contributed by atoms with E-state index in [4.69, 9.17) is 10.5 Å². The highest BCUT2D eigenvalue weighted by atomic mass is 16.5. The molecule has 1 saturated carbocycles. The Kier molecular flexibility index (Phi) is 6.09. The Bertz CT molecular complexity index is 670. The van der Waals surface area contributed by atoms with Gasteiger partial charge in [-0.1, -0.05) is 19.9 Å². The largest absolute Gasteiger partial charge is 0.378 e. The standard InChI is InChI=1S/C20H31N3O3/c1-6-23(7-2)17(24)14-10-9-11-15(12-14)22-18(25)20(21)13-16(26-8-3)19(20,4)5/h9-12,16H,6-8,13,21H2,1-5H3,(H,22,25). The molecule has 2 amide bonds. The molecule has 0 spiro atoms. The number of nitrogens with one attached hydrogen (secondary N) is 1. The lowest BCUT2D eigenvalue weighted by Gasteiger charge is -2.57. The van der Waals surface area contributed by atoms with E-state index in [9.17, 15) is 9.59 Å². The van der Waals surface area contributed by atoms with Crippen LogP contribution in [0.5, 0.6) is 0 Å². The number of anilines is 1. The van der Waals surface area contributed by atoms with Crippen molar-refractivity contribution >= 4 is 17.5 Å². The van der Waals surface area contributed by atoms with E-state index in [1.165, 1.54) is 0 Å². The van der Waals surface area contributed by atoms with E-state index in [0.717, 1.165) is 0 Å². The molecule has 0 aromatic heterocycles. The predicted octanol–water partition coefficient (Wildman–Crippen LogP) is 2.64. The van der Waals surface area contributed by atoms with E-state index in [1.807, 2.05) is 34.6 Å². The molecule has 144 valence electrons. The maximum atomic E-state index is 12.8. The molecule has 2 rings (SSSR count). The second kappa shape index (κ2) is 7.76. The van der Waals surface area contributed by atoms with Crippen molar-refractivity contribution in [1.29, 1.82) is 0 Å². The molecule has 0 heterocycles. The first-order valence-electron chi connectivity index (χ1n) is 9.32. The lowest BCUT2D eigenvalue weighted by molar-refractivity contribution is -0.166. The monoisotopic (exact) mass is 361 g/mol. The fourth-order valence-corrected chi connectivity index (χ4v) is 3.49. The lowest BCUT2D eigenvalue weighted by atomic mass is 9.54. The normalized spacial score (nSPS) is 23.8. The second-order valence-corrected chi connectivity index (χ2v) is 7.35. The highest BCUT2D eigenvalue weighted by Crippen LogP contribution is 2.50. The summed E-state index contributed by atoms with van der Waals surface area (Å²) in [6, 6.07) is 7.00. The average Bonchev–Trinajstić information content (AvgIpc) is 2.62. The molecule has 0 radical (unpaired) electrons. The molecule has 0 saturated heterocycles. The van der Waals surface area contributed by atoms with Gasteiger partial charge in [0.15, 0.2) is 0 Å². The molecule has 6 heteroatoms. The van der Waals surface area contributed by atoms with Crippen LogP contribution < -0.4 is 11.1 Å². The van der Waals surface area contributed by atoms with Gasteiger partial charge >= 0.3 is 0 Å². The number of carbonyl (C=O) groups excluding carboxylic acids is 2. The van der Waals surface area contributed by atoms with Gasteiger partial charge in [0.2, 0.25) is 5.91 Å². The molecule has 1 aliphatic carbocycles. The second-order valence-electron chi connectivity index (χ2n) is 7.35. The third-order valence-electron chi connectivity index (χ3n) is 5.65. The molecule has 6 nitrogen and oxygen atoms in total. The first-order valence-corrected chi connectivity index (χ1v) is 9.32. The van der Waals surface area contributed by atoms with Gasteiger partial charge in [-0.25, -0.2) is 0 Å². The van der Waals surface area contributed by atoms with E-state index in [-0.39, 0.29) is 17.9 Å². The minimum atomic E-state index is -0.994. The van der Waals surface area contributed by atoms with Crippen LogP contribution in [0.1, 0.15) is 51.4 Å². The molecule has 1 fully saturated rings. The molecule has 3 N–H and O–H groups in total. The Labute approximate surface area is 156 Å². The Morgan fingerprint density at radius 1 is 1.27 bits per heavy atom. The number of carbonyl (C=O) groups is 2. The molecule has 0 aliphatic heterocycles.